The topological polar surface area (TPSA) is 75.6 Å². The third-order valence-corrected chi connectivity index (χ3v) is 3.56. The summed E-state index contributed by atoms with van der Waals surface area (Å²) in [5.41, 5.74) is 1.15. The SMILES string of the molecule is COc1ccc(CCCC(=O)NC(C)C(C)C(=O)O)cc1. The molecule has 0 radical (unpaired) electrons. The second-order valence-electron chi connectivity index (χ2n) is 5.18. The minimum atomic E-state index is -0.902. The first-order valence-electron chi connectivity index (χ1n) is 7.09. The Labute approximate surface area is 125 Å². The van der Waals surface area contributed by atoms with Crippen LogP contribution in [-0.4, -0.2) is 30.1 Å². The van der Waals surface area contributed by atoms with Crippen LogP contribution in [0.15, 0.2) is 24.3 Å². The Morgan fingerprint density at radius 2 is 1.86 bits per heavy atom. The normalized spacial score (nSPS) is 13.3. The fourth-order valence-electron chi connectivity index (χ4n) is 1.91. The third kappa shape index (κ3) is 5.85. The van der Waals surface area contributed by atoms with Crippen LogP contribution in [0.5, 0.6) is 5.75 Å². The Hall–Kier alpha value is -2.04. The Balaban J connectivity index is 2.31. The lowest BCUT2D eigenvalue weighted by atomic mass is 10.0. The third-order valence-electron chi connectivity index (χ3n) is 3.56. The summed E-state index contributed by atoms with van der Waals surface area (Å²) in [7, 11) is 1.62. The van der Waals surface area contributed by atoms with Crippen molar-refractivity contribution in [2.75, 3.05) is 7.11 Å². The smallest absolute Gasteiger partial charge is 0.308 e. The number of methoxy groups -OCH3 is 1. The van der Waals surface area contributed by atoms with E-state index in [4.69, 9.17) is 9.84 Å². The molecule has 1 amide bonds. The van der Waals surface area contributed by atoms with Gasteiger partial charge in [0.1, 0.15) is 5.75 Å². The molecular formula is C16H23NO4. The number of amides is 1. The molecule has 0 fully saturated rings. The van der Waals surface area contributed by atoms with E-state index >= 15 is 0 Å². The number of nitrogens with one attached hydrogen (secondary N) is 1. The zero-order valence-electron chi connectivity index (χ0n) is 12.8. The fourth-order valence-corrected chi connectivity index (χ4v) is 1.91. The number of benzene rings is 1. The molecule has 1 aromatic rings. The lowest BCUT2D eigenvalue weighted by Crippen LogP contribution is -2.39. The highest BCUT2D eigenvalue weighted by Gasteiger charge is 2.20. The van der Waals surface area contributed by atoms with E-state index in [1.807, 2.05) is 24.3 Å². The second-order valence-corrected chi connectivity index (χ2v) is 5.18. The molecule has 21 heavy (non-hydrogen) atoms. The molecule has 2 unspecified atom stereocenters. The molecule has 0 aliphatic carbocycles. The van der Waals surface area contributed by atoms with Gasteiger partial charge in [-0.15, -0.1) is 0 Å². The van der Waals surface area contributed by atoms with Crippen LogP contribution in [0, 0.1) is 5.92 Å². The second kappa shape index (κ2) is 8.29. The summed E-state index contributed by atoms with van der Waals surface area (Å²) in [5, 5.41) is 11.6. The van der Waals surface area contributed by atoms with Crippen molar-refractivity contribution in [2.45, 2.75) is 39.2 Å². The van der Waals surface area contributed by atoms with Crippen molar-refractivity contribution < 1.29 is 19.4 Å². The van der Waals surface area contributed by atoms with E-state index < -0.39 is 11.9 Å². The number of carboxylic acids is 1. The van der Waals surface area contributed by atoms with Crippen LogP contribution < -0.4 is 10.1 Å². The molecule has 0 spiro atoms. The van der Waals surface area contributed by atoms with Crippen LogP contribution >= 0.6 is 0 Å². The highest BCUT2D eigenvalue weighted by Crippen LogP contribution is 2.13. The van der Waals surface area contributed by atoms with Crippen molar-refractivity contribution in [3.8, 4) is 5.75 Å². The standard InChI is InChI=1S/C16H23NO4/c1-11(16(19)20)12(2)17-15(18)6-4-5-13-7-9-14(21-3)10-8-13/h7-12H,4-6H2,1-3H3,(H,17,18)(H,19,20). The van der Waals surface area contributed by atoms with Crippen LogP contribution in [-0.2, 0) is 16.0 Å². The van der Waals surface area contributed by atoms with E-state index in [2.05, 4.69) is 5.32 Å². The zero-order valence-corrected chi connectivity index (χ0v) is 12.8. The molecule has 0 heterocycles. The molecule has 116 valence electrons. The van der Waals surface area contributed by atoms with Crippen molar-refractivity contribution in [3.05, 3.63) is 29.8 Å². The molecule has 2 atom stereocenters. The summed E-state index contributed by atoms with van der Waals surface area (Å²) in [4.78, 5) is 22.6. The zero-order chi connectivity index (χ0) is 15.8. The summed E-state index contributed by atoms with van der Waals surface area (Å²) in [5.74, 6) is -0.784. The maximum absolute atomic E-state index is 11.7. The van der Waals surface area contributed by atoms with Crippen LogP contribution in [0.25, 0.3) is 0 Å². The molecule has 1 aromatic carbocycles. The number of carbonyl (C=O) groups is 2. The molecular weight excluding hydrogens is 270 g/mol. The van der Waals surface area contributed by atoms with Gasteiger partial charge >= 0.3 is 5.97 Å². The predicted octanol–water partition coefficient (Wildman–Crippen LogP) is 2.24. The first-order valence-corrected chi connectivity index (χ1v) is 7.09. The molecule has 5 nitrogen and oxygen atoms in total. The van der Waals surface area contributed by atoms with Crippen LogP contribution in [0.2, 0.25) is 0 Å². The molecule has 2 N–H and O–H groups in total. The number of hydrogen-bond donors (Lipinski definition) is 2. The number of carboxylic acid groups (broad SMARTS) is 1. The molecule has 0 bridgehead atoms. The number of aliphatic carboxylic acids is 1. The number of ether oxygens (including phenoxy) is 1. The van der Waals surface area contributed by atoms with Gasteiger partial charge in [0.2, 0.25) is 5.91 Å². The Morgan fingerprint density at radius 1 is 1.24 bits per heavy atom. The van der Waals surface area contributed by atoms with Gasteiger partial charge in [-0.2, -0.15) is 0 Å². The summed E-state index contributed by atoms with van der Waals surface area (Å²) in [6, 6.07) is 7.38. The highest BCUT2D eigenvalue weighted by molar-refractivity contribution is 5.77. The van der Waals surface area contributed by atoms with Gasteiger partial charge < -0.3 is 15.2 Å². The predicted molar refractivity (Wildman–Crippen MR) is 80.3 cm³/mol. The minimum absolute atomic E-state index is 0.107. The van der Waals surface area contributed by atoms with Crippen molar-refractivity contribution in [1.82, 2.24) is 5.32 Å². The Bertz CT molecular complexity index is 470. The van der Waals surface area contributed by atoms with E-state index in [9.17, 15) is 9.59 Å². The fraction of sp³-hybridized carbons (Fsp3) is 0.500. The Morgan fingerprint density at radius 3 is 2.38 bits per heavy atom. The average molecular weight is 293 g/mol. The molecule has 1 rings (SSSR count). The Kier molecular flexibility index (Phi) is 6.72. The lowest BCUT2D eigenvalue weighted by Gasteiger charge is -2.17. The van der Waals surface area contributed by atoms with Crippen LogP contribution in [0.4, 0.5) is 0 Å². The van der Waals surface area contributed by atoms with E-state index in [-0.39, 0.29) is 11.9 Å². The van der Waals surface area contributed by atoms with Crippen LogP contribution in [0.1, 0.15) is 32.3 Å². The monoisotopic (exact) mass is 293 g/mol. The van der Waals surface area contributed by atoms with Crippen molar-refractivity contribution >= 4 is 11.9 Å². The maximum atomic E-state index is 11.7. The van der Waals surface area contributed by atoms with E-state index in [1.54, 1.807) is 21.0 Å². The quantitative estimate of drug-likeness (QED) is 0.770. The van der Waals surface area contributed by atoms with Gasteiger partial charge in [0, 0.05) is 12.5 Å². The van der Waals surface area contributed by atoms with Gasteiger partial charge in [0.25, 0.3) is 0 Å². The van der Waals surface area contributed by atoms with E-state index in [0.717, 1.165) is 24.2 Å². The van der Waals surface area contributed by atoms with Gasteiger partial charge in [-0.25, -0.2) is 0 Å². The van der Waals surface area contributed by atoms with Crippen molar-refractivity contribution in [2.24, 2.45) is 5.92 Å². The van der Waals surface area contributed by atoms with Gasteiger partial charge in [-0.05, 0) is 44.4 Å². The minimum Gasteiger partial charge on any atom is -0.497 e. The van der Waals surface area contributed by atoms with Crippen molar-refractivity contribution in [3.63, 3.8) is 0 Å². The average Bonchev–Trinajstić information content (AvgIpc) is 2.46. The number of hydrogen-bond acceptors (Lipinski definition) is 3. The maximum Gasteiger partial charge on any atom is 0.308 e. The molecule has 5 heteroatoms. The number of carbonyl (C=O) groups excluding carboxylic acids is 1. The number of aryl methyl sites for hydroxylation is 1. The lowest BCUT2D eigenvalue weighted by molar-refractivity contribution is -0.142. The summed E-state index contributed by atoms with van der Waals surface area (Å²) in [6.45, 7) is 3.30. The van der Waals surface area contributed by atoms with Crippen LogP contribution in [0.3, 0.4) is 0 Å². The van der Waals surface area contributed by atoms with Gasteiger partial charge in [-0.1, -0.05) is 12.1 Å². The number of rotatable bonds is 8. The molecule has 0 aliphatic heterocycles. The van der Waals surface area contributed by atoms with Gasteiger partial charge in [-0.3, -0.25) is 9.59 Å². The highest BCUT2D eigenvalue weighted by atomic mass is 16.5. The molecule has 0 aromatic heterocycles. The van der Waals surface area contributed by atoms with Crippen molar-refractivity contribution in [1.29, 1.82) is 0 Å². The summed E-state index contributed by atoms with van der Waals surface area (Å²) in [6.07, 6.45) is 1.93. The molecule has 0 aliphatic rings. The van der Waals surface area contributed by atoms with E-state index in [1.165, 1.54) is 0 Å². The first-order chi connectivity index (χ1) is 9.93. The summed E-state index contributed by atoms with van der Waals surface area (Å²) >= 11 is 0. The summed E-state index contributed by atoms with van der Waals surface area (Å²) < 4.78 is 5.09. The first kappa shape index (κ1) is 17.0. The largest absolute Gasteiger partial charge is 0.497 e. The van der Waals surface area contributed by atoms with Gasteiger partial charge in [0.05, 0.1) is 13.0 Å². The molecule has 0 saturated carbocycles. The van der Waals surface area contributed by atoms with Gasteiger partial charge in [0.15, 0.2) is 0 Å². The van der Waals surface area contributed by atoms with E-state index in [0.29, 0.717) is 6.42 Å². The molecule has 0 saturated heterocycles.